The van der Waals surface area contributed by atoms with Gasteiger partial charge in [0.25, 0.3) is 5.91 Å². The van der Waals surface area contributed by atoms with Gasteiger partial charge in [-0.05, 0) is 49.3 Å². The van der Waals surface area contributed by atoms with E-state index >= 15 is 0 Å². The van der Waals surface area contributed by atoms with Crippen molar-refractivity contribution < 1.29 is 22.8 Å². The number of fused-ring (bicyclic) bond motifs is 1. The number of hydrogen-bond acceptors (Lipinski definition) is 6. The summed E-state index contributed by atoms with van der Waals surface area (Å²) in [5, 5.41) is 9.69. The third kappa shape index (κ3) is 6.60. The molecule has 2 unspecified atom stereocenters. The van der Waals surface area contributed by atoms with Crippen LogP contribution in [0, 0.1) is 11.8 Å². The molecule has 0 spiro atoms. The second-order valence-corrected chi connectivity index (χ2v) is 10.7. The fraction of sp³-hybridized carbons (Fsp3) is 0.500. The molecule has 1 aliphatic rings. The Hall–Kier alpha value is -2.85. The highest BCUT2D eigenvalue weighted by Crippen LogP contribution is 2.21. The molecule has 3 N–H and O–H groups in total. The standard InChI is InChI=1S/C24H32N4O5S/c1-16(2)22(28-34(32,33)19-9-4-3-5-10-19)21(29)14-17-8-6-7-11-20-18(15-26-27-20)12-13-25-24(31)23(17)30/h3-5,9-10,15-17,22,28H,6-8,11-14H2,1-2H3,(H,25,31)(H,26,27). The number of hydrogen-bond donors (Lipinski definition) is 3. The van der Waals surface area contributed by atoms with E-state index in [-0.39, 0.29) is 17.2 Å². The SMILES string of the molecule is CC(C)C(NS(=O)(=O)c1ccccc1)C(=O)CC1CCCCc2[nH]ncc2CCNC(=O)C1=O. The Bertz CT molecular complexity index is 1110. The molecule has 0 saturated heterocycles. The molecule has 3 rings (SSSR count). The fourth-order valence-corrected chi connectivity index (χ4v) is 5.54. The predicted molar refractivity (Wildman–Crippen MR) is 126 cm³/mol. The number of Topliss-reactive ketones (excluding diaryl/α,β-unsaturated/α-hetero) is 2. The maximum atomic E-state index is 13.2. The van der Waals surface area contributed by atoms with Crippen LogP contribution < -0.4 is 10.0 Å². The minimum atomic E-state index is -3.91. The summed E-state index contributed by atoms with van der Waals surface area (Å²) in [6.07, 6.45) is 4.67. The van der Waals surface area contributed by atoms with E-state index in [1.54, 1.807) is 38.2 Å². The van der Waals surface area contributed by atoms with Crippen molar-refractivity contribution in [2.45, 2.75) is 63.3 Å². The van der Waals surface area contributed by atoms with E-state index in [2.05, 4.69) is 20.2 Å². The number of carbonyl (C=O) groups excluding carboxylic acids is 3. The lowest BCUT2D eigenvalue weighted by molar-refractivity contribution is -0.141. The molecule has 0 saturated carbocycles. The number of H-pyrrole nitrogens is 1. The van der Waals surface area contributed by atoms with Gasteiger partial charge < -0.3 is 5.32 Å². The van der Waals surface area contributed by atoms with Crippen LogP contribution in [0.1, 0.15) is 50.8 Å². The van der Waals surface area contributed by atoms with Gasteiger partial charge in [0.1, 0.15) is 0 Å². The van der Waals surface area contributed by atoms with Crippen LogP contribution in [0.3, 0.4) is 0 Å². The first kappa shape index (κ1) is 25.8. The van der Waals surface area contributed by atoms with E-state index < -0.39 is 39.5 Å². The summed E-state index contributed by atoms with van der Waals surface area (Å²) < 4.78 is 28.1. The normalized spacial score (nSPS) is 19.0. The van der Waals surface area contributed by atoms with Gasteiger partial charge in [-0.1, -0.05) is 38.5 Å². The second-order valence-electron chi connectivity index (χ2n) is 9.01. The quantitative estimate of drug-likeness (QED) is 0.509. The van der Waals surface area contributed by atoms with Gasteiger partial charge in [-0.25, -0.2) is 13.1 Å². The monoisotopic (exact) mass is 488 g/mol. The molecule has 1 aromatic heterocycles. The zero-order valence-electron chi connectivity index (χ0n) is 19.5. The topological polar surface area (TPSA) is 138 Å². The molecule has 0 radical (unpaired) electrons. The maximum absolute atomic E-state index is 13.2. The van der Waals surface area contributed by atoms with Gasteiger partial charge in [0.2, 0.25) is 15.8 Å². The van der Waals surface area contributed by atoms with Crippen molar-refractivity contribution in [3.8, 4) is 0 Å². The number of aryl methyl sites for hydroxylation is 1. The minimum absolute atomic E-state index is 0.0630. The smallest absolute Gasteiger partial charge is 0.287 e. The lowest BCUT2D eigenvalue weighted by Gasteiger charge is -2.23. The molecule has 1 amide bonds. The lowest BCUT2D eigenvalue weighted by atomic mass is 9.87. The molecule has 0 aliphatic carbocycles. The molecule has 0 bridgehead atoms. The number of sulfonamides is 1. The summed E-state index contributed by atoms with van der Waals surface area (Å²) in [6.45, 7) is 3.78. The Morgan fingerprint density at radius 1 is 1.15 bits per heavy atom. The van der Waals surface area contributed by atoms with Crippen LogP contribution in [0.4, 0.5) is 0 Å². The molecule has 9 nitrogen and oxygen atoms in total. The lowest BCUT2D eigenvalue weighted by Crippen LogP contribution is -2.46. The molecule has 2 atom stereocenters. The molecule has 34 heavy (non-hydrogen) atoms. The summed E-state index contributed by atoms with van der Waals surface area (Å²) >= 11 is 0. The molecule has 184 valence electrons. The van der Waals surface area contributed by atoms with Crippen LogP contribution in [0.15, 0.2) is 41.4 Å². The van der Waals surface area contributed by atoms with Gasteiger partial charge in [-0.3, -0.25) is 19.5 Å². The van der Waals surface area contributed by atoms with Crippen molar-refractivity contribution in [2.24, 2.45) is 11.8 Å². The number of amides is 1. The number of carbonyl (C=O) groups is 3. The Kier molecular flexibility index (Phi) is 8.73. The van der Waals surface area contributed by atoms with Gasteiger partial charge in [-0.2, -0.15) is 5.10 Å². The van der Waals surface area contributed by atoms with Crippen LogP contribution in [-0.2, 0) is 37.2 Å². The maximum Gasteiger partial charge on any atom is 0.287 e. The van der Waals surface area contributed by atoms with Crippen LogP contribution in [0.2, 0.25) is 0 Å². The first-order valence-corrected chi connectivity index (χ1v) is 13.1. The number of ketones is 2. The van der Waals surface area contributed by atoms with E-state index in [9.17, 15) is 22.8 Å². The van der Waals surface area contributed by atoms with Gasteiger partial charge in [0.15, 0.2) is 5.78 Å². The van der Waals surface area contributed by atoms with E-state index in [0.29, 0.717) is 25.8 Å². The van der Waals surface area contributed by atoms with Crippen LogP contribution in [0.5, 0.6) is 0 Å². The predicted octanol–water partition coefficient (Wildman–Crippen LogP) is 1.94. The number of nitrogens with zero attached hydrogens (tertiary/aromatic N) is 1. The van der Waals surface area contributed by atoms with Crippen molar-refractivity contribution in [1.82, 2.24) is 20.2 Å². The second kappa shape index (κ2) is 11.5. The van der Waals surface area contributed by atoms with Crippen LogP contribution in [-0.4, -0.2) is 48.7 Å². The van der Waals surface area contributed by atoms with E-state index in [1.807, 2.05) is 0 Å². The Morgan fingerprint density at radius 2 is 1.88 bits per heavy atom. The number of nitrogens with one attached hydrogen (secondary N) is 3. The average molecular weight is 489 g/mol. The highest BCUT2D eigenvalue weighted by atomic mass is 32.2. The molecule has 0 fully saturated rings. The molecule has 10 heteroatoms. The zero-order chi connectivity index (χ0) is 24.7. The van der Waals surface area contributed by atoms with Crippen molar-refractivity contribution in [1.29, 1.82) is 0 Å². The first-order chi connectivity index (χ1) is 16.2. The van der Waals surface area contributed by atoms with Gasteiger partial charge >= 0.3 is 0 Å². The summed E-state index contributed by atoms with van der Waals surface area (Å²) in [7, 11) is -3.91. The Balaban J connectivity index is 1.72. The van der Waals surface area contributed by atoms with Crippen molar-refractivity contribution in [2.75, 3.05) is 6.54 Å². The highest BCUT2D eigenvalue weighted by Gasteiger charge is 2.33. The van der Waals surface area contributed by atoms with Crippen molar-refractivity contribution in [3.63, 3.8) is 0 Å². The summed E-state index contributed by atoms with van der Waals surface area (Å²) in [5.74, 6) is -2.87. The highest BCUT2D eigenvalue weighted by molar-refractivity contribution is 7.89. The molecular formula is C24H32N4O5S. The fourth-order valence-electron chi connectivity index (χ4n) is 4.15. The molecule has 2 heterocycles. The average Bonchev–Trinajstić information content (AvgIpc) is 3.25. The van der Waals surface area contributed by atoms with E-state index in [4.69, 9.17) is 0 Å². The largest absolute Gasteiger partial charge is 0.349 e. The van der Waals surface area contributed by atoms with Gasteiger partial charge in [0, 0.05) is 24.6 Å². The summed E-state index contributed by atoms with van der Waals surface area (Å²) in [4.78, 5) is 38.6. The van der Waals surface area contributed by atoms with Crippen LogP contribution in [0.25, 0.3) is 0 Å². The summed E-state index contributed by atoms with van der Waals surface area (Å²) in [6, 6.07) is 6.82. The van der Waals surface area contributed by atoms with E-state index in [1.165, 1.54) is 12.1 Å². The Labute approximate surface area is 200 Å². The molecule has 2 aromatic rings. The number of benzene rings is 1. The van der Waals surface area contributed by atoms with Crippen molar-refractivity contribution >= 4 is 27.5 Å². The minimum Gasteiger partial charge on any atom is -0.349 e. The summed E-state index contributed by atoms with van der Waals surface area (Å²) in [5.41, 5.74) is 2.04. The zero-order valence-corrected chi connectivity index (χ0v) is 20.4. The van der Waals surface area contributed by atoms with Crippen molar-refractivity contribution in [3.05, 3.63) is 47.8 Å². The number of rotatable bonds is 7. The van der Waals surface area contributed by atoms with E-state index in [0.717, 1.165) is 24.1 Å². The third-order valence-electron chi connectivity index (χ3n) is 6.11. The van der Waals surface area contributed by atoms with Gasteiger partial charge in [0.05, 0.1) is 17.1 Å². The Morgan fingerprint density at radius 3 is 2.59 bits per heavy atom. The molecule has 1 aliphatic heterocycles. The number of aromatic nitrogens is 2. The number of aromatic amines is 1. The molecule has 1 aromatic carbocycles. The van der Waals surface area contributed by atoms with Crippen LogP contribution >= 0.6 is 0 Å². The third-order valence-corrected chi connectivity index (χ3v) is 7.57. The first-order valence-electron chi connectivity index (χ1n) is 11.6. The molecular weight excluding hydrogens is 456 g/mol. The van der Waals surface area contributed by atoms with Gasteiger partial charge in [-0.15, -0.1) is 0 Å².